The van der Waals surface area contributed by atoms with Gasteiger partial charge in [-0.15, -0.1) is 0 Å². The Morgan fingerprint density at radius 3 is 2.58 bits per heavy atom. The van der Waals surface area contributed by atoms with Gasteiger partial charge in [0.05, 0.1) is 11.5 Å². The molecule has 1 saturated heterocycles. The molecule has 0 unspecified atom stereocenters. The summed E-state index contributed by atoms with van der Waals surface area (Å²) in [6.07, 6.45) is 2.54. The van der Waals surface area contributed by atoms with Crippen LogP contribution in [0.1, 0.15) is 32.8 Å². The molecule has 4 nitrogen and oxygen atoms in total. The summed E-state index contributed by atoms with van der Waals surface area (Å²) in [5.74, 6) is -0.724. The Labute approximate surface area is 152 Å². The molecular weight excluding hydrogens is 342 g/mol. The van der Waals surface area contributed by atoms with Crippen LogP contribution in [-0.2, 0) is 14.3 Å². The highest BCUT2D eigenvalue weighted by Gasteiger charge is 2.42. The Bertz CT molecular complexity index is 655. The maximum absolute atomic E-state index is 12.8. The van der Waals surface area contributed by atoms with Gasteiger partial charge < -0.3 is 4.74 Å². The summed E-state index contributed by atoms with van der Waals surface area (Å²) in [7, 11) is 0. The van der Waals surface area contributed by atoms with E-state index in [-0.39, 0.29) is 11.8 Å². The number of esters is 1. The Hall–Kier alpha value is -1.66. The van der Waals surface area contributed by atoms with Crippen LogP contribution in [0.5, 0.6) is 0 Å². The topological polar surface area (TPSA) is 46.6 Å². The molecule has 6 heteroatoms. The molecule has 1 atom stereocenters. The molecule has 1 amide bonds. The van der Waals surface area contributed by atoms with E-state index < -0.39 is 12.0 Å². The third-order valence-corrected chi connectivity index (χ3v) is 4.85. The maximum atomic E-state index is 12.8. The number of thiocarbonyl (C=S) groups is 1. The summed E-state index contributed by atoms with van der Waals surface area (Å²) >= 11 is 6.58. The molecule has 1 aromatic carbocycles. The molecule has 2 rings (SSSR count). The van der Waals surface area contributed by atoms with Crippen molar-refractivity contribution in [1.29, 1.82) is 0 Å². The monoisotopic (exact) mass is 363 g/mol. The summed E-state index contributed by atoms with van der Waals surface area (Å²) in [5.41, 5.74) is 0.924. The molecule has 1 fully saturated rings. The molecule has 0 aromatic heterocycles. The number of amides is 1. The lowest BCUT2D eigenvalue weighted by Gasteiger charge is -2.28. The second kappa shape index (κ2) is 8.44. The highest BCUT2D eigenvalue weighted by atomic mass is 32.2. The van der Waals surface area contributed by atoms with Gasteiger partial charge in [-0.05, 0) is 24.0 Å². The average molecular weight is 364 g/mol. The minimum absolute atomic E-state index is 0.0899. The van der Waals surface area contributed by atoms with Gasteiger partial charge in [0.15, 0.2) is 0 Å². The Balaban J connectivity index is 2.26. The molecule has 24 heavy (non-hydrogen) atoms. The number of thioether (sulfide) groups is 1. The molecule has 1 aliphatic heterocycles. The van der Waals surface area contributed by atoms with Crippen molar-refractivity contribution < 1.29 is 14.3 Å². The van der Waals surface area contributed by atoms with Crippen LogP contribution in [0.25, 0.3) is 6.08 Å². The fourth-order valence-electron chi connectivity index (χ4n) is 2.38. The van der Waals surface area contributed by atoms with Gasteiger partial charge in [0, 0.05) is 0 Å². The van der Waals surface area contributed by atoms with Crippen molar-refractivity contribution in [3.05, 3.63) is 40.8 Å². The number of nitrogens with zero attached hydrogens (tertiary/aromatic N) is 1. The summed E-state index contributed by atoms with van der Waals surface area (Å²) in [6, 6.07) is 8.88. The molecule has 0 N–H and O–H groups in total. The summed E-state index contributed by atoms with van der Waals surface area (Å²) in [4.78, 5) is 27.1. The van der Waals surface area contributed by atoms with Gasteiger partial charge in [0.2, 0.25) is 0 Å². The zero-order valence-electron chi connectivity index (χ0n) is 14.0. The van der Waals surface area contributed by atoms with Crippen molar-refractivity contribution in [2.45, 2.75) is 33.2 Å². The molecule has 0 aliphatic carbocycles. The van der Waals surface area contributed by atoms with E-state index in [2.05, 4.69) is 0 Å². The van der Waals surface area contributed by atoms with Gasteiger partial charge in [-0.2, -0.15) is 0 Å². The number of rotatable bonds is 6. The summed E-state index contributed by atoms with van der Waals surface area (Å²) in [5, 5.41) is 0. The number of carbonyl (C=O) groups excluding carboxylic acids is 2. The first kappa shape index (κ1) is 18.7. The minimum Gasteiger partial charge on any atom is -0.464 e. The first-order valence-corrected chi connectivity index (χ1v) is 9.17. The third-order valence-electron chi connectivity index (χ3n) is 3.52. The molecular formula is C18H21NO3S2. The van der Waals surface area contributed by atoms with Crippen LogP contribution in [0, 0.1) is 5.92 Å². The van der Waals surface area contributed by atoms with Crippen LogP contribution >= 0.6 is 24.0 Å². The smallest absolute Gasteiger partial charge is 0.329 e. The molecule has 0 bridgehead atoms. The lowest BCUT2D eigenvalue weighted by Crippen LogP contribution is -2.47. The highest BCUT2D eigenvalue weighted by Crippen LogP contribution is 2.35. The van der Waals surface area contributed by atoms with E-state index in [9.17, 15) is 9.59 Å². The summed E-state index contributed by atoms with van der Waals surface area (Å²) in [6.45, 7) is 6.05. The molecule has 1 aromatic rings. The van der Waals surface area contributed by atoms with E-state index in [1.807, 2.05) is 51.1 Å². The fourth-order valence-corrected chi connectivity index (χ4v) is 3.71. The van der Waals surface area contributed by atoms with Crippen molar-refractivity contribution in [3.63, 3.8) is 0 Å². The van der Waals surface area contributed by atoms with Crippen LogP contribution in [0.15, 0.2) is 35.2 Å². The predicted molar refractivity (Wildman–Crippen MR) is 101 cm³/mol. The van der Waals surface area contributed by atoms with Crippen LogP contribution in [-0.4, -0.2) is 33.7 Å². The van der Waals surface area contributed by atoms with Crippen molar-refractivity contribution in [3.8, 4) is 0 Å². The maximum Gasteiger partial charge on any atom is 0.329 e. The van der Waals surface area contributed by atoms with Gasteiger partial charge in [0.25, 0.3) is 5.91 Å². The normalized spacial score (nSPS) is 17.7. The van der Waals surface area contributed by atoms with Gasteiger partial charge in [0.1, 0.15) is 10.4 Å². The third kappa shape index (κ3) is 4.24. The van der Waals surface area contributed by atoms with Crippen LogP contribution in [0.3, 0.4) is 0 Å². The molecule has 0 radical (unpaired) electrons. The molecule has 1 aliphatic rings. The molecule has 0 saturated carbocycles. The number of hydrogen-bond donors (Lipinski definition) is 0. The number of carbonyl (C=O) groups is 2. The van der Waals surface area contributed by atoms with Crippen molar-refractivity contribution in [2.75, 3.05) is 6.61 Å². The molecule has 1 heterocycles. The van der Waals surface area contributed by atoms with Gasteiger partial charge >= 0.3 is 5.97 Å². The minimum atomic E-state index is -0.689. The lowest BCUT2D eigenvalue weighted by atomic mass is 10.0. The predicted octanol–water partition coefficient (Wildman–Crippen LogP) is 3.87. The highest BCUT2D eigenvalue weighted by molar-refractivity contribution is 8.26. The van der Waals surface area contributed by atoms with Gasteiger partial charge in [-0.25, -0.2) is 4.79 Å². The van der Waals surface area contributed by atoms with E-state index in [1.54, 1.807) is 6.08 Å². The summed E-state index contributed by atoms with van der Waals surface area (Å²) < 4.78 is 5.65. The van der Waals surface area contributed by atoms with Gasteiger partial charge in [-0.3, -0.25) is 9.69 Å². The Kier molecular flexibility index (Phi) is 6.57. The molecule has 0 spiro atoms. The van der Waals surface area contributed by atoms with E-state index in [0.29, 0.717) is 15.8 Å². The lowest BCUT2D eigenvalue weighted by molar-refractivity contribution is -0.152. The van der Waals surface area contributed by atoms with E-state index >= 15 is 0 Å². The average Bonchev–Trinajstić information content (AvgIpc) is 2.81. The second-order valence-electron chi connectivity index (χ2n) is 5.82. The number of hydrogen-bond acceptors (Lipinski definition) is 5. The fraction of sp³-hybridized carbons (Fsp3) is 0.389. The zero-order valence-corrected chi connectivity index (χ0v) is 15.7. The van der Waals surface area contributed by atoms with Crippen LogP contribution in [0.4, 0.5) is 0 Å². The van der Waals surface area contributed by atoms with E-state index in [4.69, 9.17) is 17.0 Å². The first-order valence-electron chi connectivity index (χ1n) is 7.94. The van der Waals surface area contributed by atoms with Gasteiger partial charge in [-0.1, -0.05) is 75.1 Å². The van der Waals surface area contributed by atoms with Crippen molar-refractivity contribution >= 4 is 46.3 Å². The van der Waals surface area contributed by atoms with E-state index in [1.165, 1.54) is 16.7 Å². The van der Waals surface area contributed by atoms with E-state index in [0.717, 1.165) is 12.0 Å². The zero-order chi connectivity index (χ0) is 17.7. The van der Waals surface area contributed by atoms with Crippen LogP contribution < -0.4 is 0 Å². The standard InChI is InChI=1S/C18H21NO3S2/c1-4-10-22-17(21)15(12(2)3)19-16(20)14(24-18(19)23)11-13-8-6-5-7-9-13/h5-9,11-12,15H,4,10H2,1-3H3/b14-11-/t15-/m1/s1. The Morgan fingerprint density at radius 2 is 2.00 bits per heavy atom. The number of ether oxygens (including phenoxy) is 1. The first-order chi connectivity index (χ1) is 11.5. The largest absolute Gasteiger partial charge is 0.464 e. The quantitative estimate of drug-likeness (QED) is 0.436. The Morgan fingerprint density at radius 1 is 1.33 bits per heavy atom. The number of benzene rings is 1. The SMILES string of the molecule is CCCOC(=O)[C@@H](C(C)C)N1C(=O)/C(=C/c2ccccc2)SC1=S. The molecule has 128 valence electrons. The van der Waals surface area contributed by atoms with Crippen LogP contribution in [0.2, 0.25) is 0 Å². The second-order valence-corrected chi connectivity index (χ2v) is 7.49. The van der Waals surface area contributed by atoms with Crippen molar-refractivity contribution in [2.24, 2.45) is 5.92 Å². The van der Waals surface area contributed by atoms with Crippen molar-refractivity contribution in [1.82, 2.24) is 4.90 Å².